The maximum absolute atomic E-state index is 10.7. The summed E-state index contributed by atoms with van der Waals surface area (Å²) in [5.74, 6) is 0. The van der Waals surface area contributed by atoms with E-state index in [2.05, 4.69) is 34.2 Å². The van der Waals surface area contributed by atoms with Gasteiger partial charge in [-0.3, -0.25) is 0 Å². The Morgan fingerprint density at radius 3 is 2.16 bits per heavy atom. The highest BCUT2D eigenvalue weighted by molar-refractivity contribution is 5.78. The number of nitrogens with zero attached hydrogens (tertiary/aromatic N) is 2. The first kappa shape index (κ1) is 19.5. The van der Waals surface area contributed by atoms with Crippen LogP contribution in [0.2, 0.25) is 0 Å². The SMILES string of the molecule is CCC(CC)NC(=O)NC.COC(=O)N=CN(C)C. The van der Waals surface area contributed by atoms with Crippen LogP contribution in [0.4, 0.5) is 9.59 Å². The van der Waals surface area contributed by atoms with Crippen LogP contribution in [0.1, 0.15) is 26.7 Å². The molecule has 0 radical (unpaired) electrons. The van der Waals surface area contributed by atoms with Crippen LogP contribution >= 0.6 is 0 Å². The molecule has 7 heteroatoms. The van der Waals surface area contributed by atoms with Crippen LogP contribution in [0, 0.1) is 0 Å². The highest BCUT2D eigenvalue weighted by atomic mass is 16.5. The molecule has 0 saturated carbocycles. The maximum atomic E-state index is 10.7. The van der Waals surface area contributed by atoms with Gasteiger partial charge in [-0.15, -0.1) is 0 Å². The van der Waals surface area contributed by atoms with Crippen molar-refractivity contribution in [1.82, 2.24) is 15.5 Å². The monoisotopic (exact) mass is 274 g/mol. The third kappa shape index (κ3) is 14.1. The summed E-state index contributed by atoms with van der Waals surface area (Å²) in [6.07, 6.45) is 2.78. The van der Waals surface area contributed by atoms with Crippen molar-refractivity contribution in [3.63, 3.8) is 0 Å². The second kappa shape index (κ2) is 12.7. The molecule has 0 aromatic heterocycles. The average Bonchev–Trinajstić information content (AvgIpc) is 2.42. The molecule has 0 aliphatic heterocycles. The van der Waals surface area contributed by atoms with E-state index in [0.29, 0.717) is 6.04 Å². The quantitative estimate of drug-likeness (QED) is 0.600. The molecule has 0 bridgehead atoms. The second-order valence-corrected chi connectivity index (χ2v) is 3.92. The average molecular weight is 274 g/mol. The molecule has 0 saturated heterocycles. The molecule has 0 aromatic rings. The van der Waals surface area contributed by atoms with E-state index in [0.717, 1.165) is 12.8 Å². The molecule has 3 amide bonds. The molecule has 0 aliphatic rings. The van der Waals surface area contributed by atoms with Gasteiger partial charge in [0.05, 0.1) is 13.4 Å². The molecule has 0 heterocycles. The summed E-state index contributed by atoms with van der Waals surface area (Å²) in [5.41, 5.74) is 0. The second-order valence-electron chi connectivity index (χ2n) is 3.92. The van der Waals surface area contributed by atoms with Gasteiger partial charge in [0.1, 0.15) is 0 Å². The molecule has 0 aromatic carbocycles. The van der Waals surface area contributed by atoms with Gasteiger partial charge < -0.3 is 20.3 Å². The van der Waals surface area contributed by atoms with Gasteiger partial charge in [-0.2, -0.15) is 4.99 Å². The number of aliphatic imine (C=N–C) groups is 1. The van der Waals surface area contributed by atoms with E-state index >= 15 is 0 Å². The van der Waals surface area contributed by atoms with E-state index < -0.39 is 6.09 Å². The highest BCUT2D eigenvalue weighted by Gasteiger charge is 2.04. The van der Waals surface area contributed by atoms with Crippen molar-refractivity contribution in [1.29, 1.82) is 0 Å². The molecule has 112 valence electrons. The van der Waals surface area contributed by atoms with E-state index in [-0.39, 0.29) is 6.03 Å². The van der Waals surface area contributed by atoms with Crippen LogP contribution in [-0.2, 0) is 4.74 Å². The van der Waals surface area contributed by atoms with Crippen LogP contribution in [0.5, 0.6) is 0 Å². The zero-order chi connectivity index (χ0) is 15.3. The molecule has 19 heavy (non-hydrogen) atoms. The van der Waals surface area contributed by atoms with Crippen molar-refractivity contribution >= 4 is 18.5 Å². The van der Waals surface area contributed by atoms with Crippen LogP contribution in [0.25, 0.3) is 0 Å². The number of carbonyl (C=O) groups is 2. The van der Waals surface area contributed by atoms with Crippen molar-refractivity contribution in [2.24, 2.45) is 4.99 Å². The Morgan fingerprint density at radius 1 is 1.32 bits per heavy atom. The molecule has 0 fully saturated rings. The molecular formula is C12H26N4O3. The van der Waals surface area contributed by atoms with Crippen LogP contribution in [0.15, 0.2) is 4.99 Å². The molecule has 2 N–H and O–H groups in total. The van der Waals surface area contributed by atoms with Crippen molar-refractivity contribution in [2.45, 2.75) is 32.7 Å². The lowest BCUT2D eigenvalue weighted by Crippen LogP contribution is -2.39. The molecule has 0 rings (SSSR count). The normalized spacial score (nSPS) is 9.63. The smallest absolute Gasteiger partial charge is 0.434 e. The van der Waals surface area contributed by atoms with Crippen molar-refractivity contribution < 1.29 is 14.3 Å². The minimum Gasteiger partial charge on any atom is -0.451 e. The molecule has 0 unspecified atom stereocenters. The number of urea groups is 1. The number of ether oxygens (including phenoxy) is 1. The standard InChI is InChI=1S/C7H16N2O.C5H10N2O2/c1-4-6(5-2)9-7(10)8-3;1-7(2)4-6-5(8)9-3/h6H,4-5H2,1-3H3,(H2,8,9,10);4H,1-3H3. The Kier molecular flexibility index (Phi) is 13.0. The summed E-state index contributed by atoms with van der Waals surface area (Å²) < 4.78 is 4.24. The fourth-order valence-corrected chi connectivity index (χ4v) is 0.966. The Morgan fingerprint density at radius 2 is 1.84 bits per heavy atom. The van der Waals surface area contributed by atoms with Crippen LogP contribution in [0.3, 0.4) is 0 Å². The van der Waals surface area contributed by atoms with Crippen molar-refractivity contribution in [3.8, 4) is 0 Å². The minimum absolute atomic E-state index is 0.0892. The van der Waals surface area contributed by atoms with Gasteiger partial charge in [0.25, 0.3) is 0 Å². The topological polar surface area (TPSA) is 83.0 Å². The van der Waals surface area contributed by atoms with Gasteiger partial charge in [0.15, 0.2) is 0 Å². The number of methoxy groups -OCH3 is 1. The minimum atomic E-state index is -0.580. The van der Waals surface area contributed by atoms with E-state index in [1.807, 2.05) is 0 Å². The summed E-state index contributed by atoms with van der Waals surface area (Å²) in [4.78, 5) is 26.0. The lowest BCUT2D eigenvalue weighted by Gasteiger charge is -2.13. The Bertz CT molecular complexity index is 276. The molecule has 0 aliphatic carbocycles. The summed E-state index contributed by atoms with van der Waals surface area (Å²) in [6.45, 7) is 4.12. The largest absolute Gasteiger partial charge is 0.451 e. The zero-order valence-electron chi connectivity index (χ0n) is 12.7. The van der Waals surface area contributed by atoms with Gasteiger partial charge in [0, 0.05) is 27.2 Å². The lowest BCUT2D eigenvalue weighted by atomic mass is 10.2. The van der Waals surface area contributed by atoms with Crippen molar-refractivity contribution in [3.05, 3.63) is 0 Å². The summed E-state index contributed by atoms with van der Waals surface area (Å²) in [6, 6.07) is 0.230. The lowest BCUT2D eigenvalue weighted by molar-refractivity contribution is 0.182. The first-order valence-electron chi connectivity index (χ1n) is 6.17. The number of hydrogen-bond acceptors (Lipinski definition) is 3. The third-order valence-electron chi connectivity index (χ3n) is 2.12. The first-order chi connectivity index (χ1) is 8.90. The molecule has 7 nitrogen and oxygen atoms in total. The van der Waals surface area contributed by atoms with E-state index in [1.54, 1.807) is 26.0 Å². The van der Waals surface area contributed by atoms with Gasteiger partial charge in [0.2, 0.25) is 0 Å². The van der Waals surface area contributed by atoms with E-state index in [4.69, 9.17) is 0 Å². The van der Waals surface area contributed by atoms with E-state index in [9.17, 15) is 9.59 Å². The highest BCUT2D eigenvalue weighted by Crippen LogP contribution is 1.94. The van der Waals surface area contributed by atoms with Crippen molar-refractivity contribution in [2.75, 3.05) is 28.3 Å². The number of nitrogens with one attached hydrogen (secondary N) is 2. The van der Waals surface area contributed by atoms with Crippen LogP contribution in [-0.4, -0.2) is 57.7 Å². The predicted octanol–water partition coefficient (Wildman–Crippen LogP) is 1.45. The third-order valence-corrected chi connectivity index (χ3v) is 2.12. The molecule has 0 atom stereocenters. The maximum Gasteiger partial charge on any atom is 0.434 e. The fourth-order valence-electron chi connectivity index (χ4n) is 0.966. The van der Waals surface area contributed by atoms with Gasteiger partial charge >= 0.3 is 12.1 Å². The number of amides is 3. The van der Waals surface area contributed by atoms with Gasteiger partial charge in [-0.25, -0.2) is 9.59 Å². The Hall–Kier alpha value is -1.79. The predicted molar refractivity (Wildman–Crippen MR) is 76.5 cm³/mol. The summed E-state index contributed by atoms with van der Waals surface area (Å²) in [5, 5.41) is 5.33. The van der Waals surface area contributed by atoms with Gasteiger partial charge in [-0.05, 0) is 12.8 Å². The Balaban J connectivity index is 0. The fraction of sp³-hybridized carbons (Fsp3) is 0.750. The number of rotatable bonds is 4. The number of carbonyl (C=O) groups excluding carboxylic acids is 2. The molecular weight excluding hydrogens is 248 g/mol. The summed E-state index contributed by atoms with van der Waals surface area (Å²) >= 11 is 0. The zero-order valence-corrected chi connectivity index (χ0v) is 12.7. The van der Waals surface area contributed by atoms with E-state index in [1.165, 1.54) is 13.4 Å². The Labute approximate surface area is 115 Å². The first-order valence-corrected chi connectivity index (χ1v) is 6.17. The number of hydrogen-bond donors (Lipinski definition) is 2. The van der Waals surface area contributed by atoms with Crippen LogP contribution < -0.4 is 10.6 Å². The summed E-state index contributed by atoms with van der Waals surface area (Å²) in [7, 11) is 6.45. The van der Waals surface area contributed by atoms with Gasteiger partial charge in [-0.1, -0.05) is 13.8 Å². The molecule has 0 spiro atoms.